The zero-order valence-electron chi connectivity index (χ0n) is 19.2. The second-order valence-corrected chi connectivity index (χ2v) is 9.52. The van der Waals surface area contributed by atoms with Gasteiger partial charge in [-0.1, -0.05) is 44.7 Å². The normalized spacial score (nSPS) is 12.3. The summed E-state index contributed by atoms with van der Waals surface area (Å²) >= 11 is 1.25. The molecular formula is C23H27N5O4S. The van der Waals surface area contributed by atoms with E-state index in [1.54, 1.807) is 4.57 Å². The minimum absolute atomic E-state index is 0.0320. The number of nitro benzene ring substituents is 1. The number of anilines is 1. The average Bonchev–Trinajstić information content (AvgIpc) is 3.13. The van der Waals surface area contributed by atoms with Crippen molar-refractivity contribution >= 4 is 29.0 Å². The quantitative estimate of drug-likeness (QED) is 0.284. The van der Waals surface area contributed by atoms with Gasteiger partial charge in [0, 0.05) is 24.9 Å². The lowest BCUT2D eigenvalue weighted by molar-refractivity contribution is -0.384. The summed E-state index contributed by atoms with van der Waals surface area (Å²) in [6.07, 6.45) is -0.328. The summed E-state index contributed by atoms with van der Waals surface area (Å²) in [5.41, 5.74) is 1.76. The van der Waals surface area contributed by atoms with Gasteiger partial charge in [0.1, 0.15) is 5.75 Å². The predicted octanol–water partition coefficient (Wildman–Crippen LogP) is 4.89. The molecule has 0 spiro atoms. The van der Waals surface area contributed by atoms with E-state index < -0.39 is 4.92 Å². The first kappa shape index (κ1) is 24.2. The number of hydrogen-bond donors (Lipinski definition) is 1. The van der Waals surface area contributed by atoms with Gasteiger partial charge in [0.2, 0.25) is 5.91 Å². The number of aromatic nitrogens is 3. The van der Waals surface area contributed by atoms with E-state index in [2.05, 4.69) is 48.4 Å². The number of carbonyl (C=O) groups excluding carboxylic acids is 1. The minimum Gasteiger partial charge on any atom is -0.483 e. The van der Waals surface area contributed by atoms with E-state index in [0.29, 0.717) is 16.7 Å². The Morgan fingerprint density at radius 1 is 1.15 bits per heavy atom. The molecule has 0 aliphatic carbocycles. The Morgan fingerprint density at radius 3 is 2.36 bits per heavy atom. The number of nitrogens with one attached hydrogen (secondary N) is 1. The van der Waals surface area contributed by atoms with E-state index in [9.17, 15) is 14.9 Å². The lowest BCUT2D eigenvalue weighted by atomic mass is 9.87. The molecule has 1 heterocycles. The first-order chi connectivity index (χ1) is 15.5. The lowest BCUT2D eigenvalue weighted by Gasteiger charge is -2.20. The maximum Gasteiger partial charge on any atom is 0.269 e. The molecule has 0 radical (unpaired) electrons. The largest absolute Gasteiger partial charge is 0.483 e. The molecule has 2 aromatic carbocycles. The van der Waals surface area contributed by atoms with Crippen LogP contribution in [-0.4, -0.2) is 31.3 Å². The summed E-state index contributed by atoms with van der Waals surface area (Å²) < 4.78 is 7.84. The SMILES string of the molecule is CC(Oc1ccc(C(C)(C)C)cc1)c1nnc(SCC(=O)Nc2ccc([N+](=O)[O-])cc2)n1C. The molecule has 0 saturated heterocycles. The van der Waals surface area contributed by atoms with Gasteiger partial charge in [-0.3, -0.25) is 14.9 Å². The van der Waals surface area contributed by atoms with Crippen LogP contribution in [0, 0.1) is 10.1 Å². The van der Waals surface area contributed by atoms with Crippen LogP contribution in [0.5, 0.6) is 5.75 Å². The summed E-state index contributed by atoms with van der Waals surface area (Å²) in [5.74, 6) is 1.26. The molecule has 3 aromatic rings. The van der Waals surface area contributed by atoms with E-state index in [1.807, 2.05) is 26.1 Å². The van der Waals surface area contributed by atoms with Crippen LogP contribution in [0.15, 0.2) is 53.7 Å². The van der Waals surface area contributed by atoms with Gasteiger partial charge >= 0.3 is 0 Å². The van der Waals surface area contributed by atoms with Crippen LogP contribution < -0.4 is 10.1 Å². The van der Waals surface area contributed by atoms with Gasteiger partial charge in [0.25, 0.3) is 5.69 Å². The number of benzene rings is 2. The van der Waals surface area contributed by atoms with Gasteiger partial charge in [-0.05, 0) is 42.2 Å². The van der Waals surface area contributed by atoms with E-state index >= 15 is 0 Å². The maximum absolute atomic E-state index is 12.2. The number of ether oxygens (including phenoxy) is 1. The van der Waals surface area contributed by atoms with Crippen LogP contribution in [0.4, 0.5) is 11.4 Å². The van der Waals surface area contributed by atoms with Gasteiger partial charge in [0.15, 0.2) is 17.1 Å². The van der Waals surface area contributed by atoms with Gasteiger partial charge in [0.05, 0.1) is 10.7 Å². The second kappa shape index (κ2) is 10.0. The second-order valence-electron chi connectivity index (χ2n) is 8.58. The van der Waals surface area contributed by atoms with Crippen molar-refractivity contribution in [3.05, 3.63) is 70.0 Å². The van der Waals surface area contributed by atoms with Gasteiger partial charge in [-0.15, -0.1) is 10.2 Å². The van der Waals surface area contributed by atoms with Crippen molar-refractivity contribution in [1.29, 1.82) is 0 Å². The standard InChI is InChI=1S/C23H27N5O4S/c1-15(32-19-12-6-16(7-13-19)23(2,3)4)21-25-26-22(27(21)5)33-14-20(29)24-17-8-10-18(11-9-17)28(30)31/h6-13,15H,14H2,1-5H3,(H,24,29). The lowest BCUT2D eigenvalue weighted by Crippen LogP contribution is -2.15. The fourth-order valence-electron chi connectivity index (χ4n) is 3.09. The molecular weight excluding hydrogens is 442 g/mol. The van der Waals surface area contributed by atoms with Crippen LogP contribution in [-0.2, 0) is 17.3 Å². The third-order valence-electron chi connectivity index (χ3n) is 4.96. The first-order valence-corrected chi connectivity index (χ1v) is 11.4. The van der Waals surface area contributed by atoms with Crippen molar-refractivity contribution in [2.45, 2.75) is 44.4 Å². The van der Waals surface area contributed by atoms with E-state index in [-0.39, 0.29) is 28.9 Å². The number of thioether (sulfide) groups is 1. The van der Waals surface area contributed by atoms with Crippen LogP contribution in [0.1, 0.15) is 45.2 Å². The number of hydrogen-bond acceptors (Lipinski definition) is 7. The summed E-state index contributed by atoms with van der Waals surface area (Å²) in [4.78, 5) is 22.5. The number of carbonyl (C=O) groups is 1. The molecule has 10 heteroatoms. The summed E-state index contributed by atoms with van der Waals surface area (Å²) in [6.45, 7) is 8.39. The van der Waals surface area contributed by atoms with Crippen LogP contribution in [0.3, 0.4) is 0 Å². The smallest absolute Gasteiger partial charge is 0.269 e. The molecule has 1 aromatic heterocycles. The molecule has 9 nitrogen and oxygen atoms in total. The highest BCUT2D eigenvalue weighted by Gasteiger charge is 2.19. The first-order valence-electron chi connectivity index (χ1n) is 10.4. The van der Waals surface area contributed by atoms with Gasteiger partial charge < -0.3 is 14.6 Å². The van der Waals surface area contributed by atoms with Crippen molar-refractivity contribution in [2.75, 3.05) is 11.1 Å². The molecule has 0 aliphatic heterocycles. The Bertz CT molecular complexity index is 1120. The van der Waals surface area contributed by atoms with Gasteiger partial charge in [-0.25, -0.2) is 0 Å². The Balaban J connectivity index is 1.56. The maximum atomic E-state index is 12.2. The zero-order valence-corrected chi connectivity index (χ0v) is 20.0. The Hall–Kier alpha value is -3.40. The predicted molar refractivity (Wildman–Crippen MR) is 128 cm³/mol. The minimum atomic E-state index is -0.487. The third-order valence-corrected chi connectivity index (χ3v) is 5.98. The number of nitrogens with zero attached hydrogens (tertiary/aromatic N) is 4. The fraction of sp³-hybridized carbons (Fsp3) is 0.348. The van der Waals surface area contributed by atoms with Crippen molar-refractivity contribution in [3.63, 3.8) is 0 Å². The van der Waals surface area contributed by atoms with Crippen molar-refractivity contribution in [1.82, 2.24) is 14.8 Å². The summed E-state index contributed by atoms with van der Waals surface area (Å²) in [6, 6.07) is 13.7. The molecule has 0 fully saturated rings. The summed E-state index contributed by atoms with van der Waals surface area (Å²) in [5, 5.41) is 22.4. The van der Waals surface area contributed by atoms with E-state index in [0.717, 1.165) is 5.75 Å². The van der Waals surface area contributed by atoms with Crippen LogP contribution in [0.2, 0.25) is 0 Å². The molecule has 1 N–H and O–H groups in total. The molecule has 0 saturated carbocycles. The zero-order chi connectivity index (χ0) is 24.2. The number of rotatable bonds is 8. The number of non-ortho nitro benzene ring substituents is 1. The highest BCUT2D eigenvalue weighted by Crippen LogP contribution is 2.27. The topological polar surface area (TPSA) is 112 Å². The Kier molecular flexibility index (Phi) is 7.37. The van der Waals surface area contributed by atoms with Crippen molar-refractivity contribution in [2.24, 2.45) is 7.05 Å². The van der Waals surface area contributed by atoms with E-state index in [1.165, 1.54) is 41.6 Å². The van der Waals surface area contributed by atoms with Crippen molar-refractivity contribution in [3.8, 4) is 5.75 Å². The van der Waals surface area contributed by atoms with Gasteiger partial charge in [-0.2, -0.15) is 0 Å². The van der Waals surface area contributed by atoms with Crippen molar-refractivity contribution < 1.29 is 14.5 Å². The Morgan fingerprint density at radius 2 is 1.79 bits per heavy atom. The molecule has 0 bridgehead atoms. The average molecular weight is 470 g/mol. The van der Waals surface area contributed by atoms with E-state index in [4.69, 9.17) is 4.74 Å². The van der Waals surface area contributed by atoms with Crippen LogP contribution >= 0.6 is 11.8 Å². The van der Waals surface area contributed by atoms with Crippen LogP contribution in [0.25, 0.3) is 0 Å². The molecule has 33 heavy (non-hydrogen) atoms. The highest BCUT2D eigenvalue weighted by atomic mass is 32.2. The highest BCUT2D eigenvalue weighted by molar-refractivity contribution is 7.99. The molecule has 1 atom stereocenters. The number of nitro groups is 1. The number of amides is 1. The monoisotopic (exact) mass is 469 g/mol. The molecule has 1 unspecified atom stereocenters. The third kappa shape index (κ3) is 6.32. The molecule has 174 valence electrons. The molecule has 3 rings (SSSR count). The molecule has 1 amide bonds. The fourth-order valence-corrected chi connectivity index (χ4v) is 3.81. The Labute approximate surface area is 196 Å². The molecule has 0 aliphatic rings. The summed E-state index contributed by atoms with van der Waals surface area (Å²) in [7, 11) is 1.83.